The minimum atomic E-state index is -0.158. The summed E-state index contributed by atoms with van der Waals surface area (Å²) in [6, 6.07) is 9.52. The number of rotatable bonds is 3. The quantitative estimate of drug-likeness (QED) is 0.656. The number of carbonyl (C=O) groups is 1. The molecule has 3 aromatic rings. The molecular weight excluding hydrogens is 392 g/mol. The molecule has 3 rings (SSSR count). The van der Waals surface area contributed by atoms with Crippen LogP contribution in [0.4, 0.5) is 5.69 Å². The minimum Gasteiger partial charge on any atom is -0.397 e. The minimum absolute atomic E-state index is 0.158. The van der Waals surface area contributed by atoms with E-state index >= 15 is 0 Å². The summed E-state index contributed by atoms with van der Waals surface area (Å²) in [6.45, 7) is 0.452. The first kappa shape index (κ1) is 14.8. The van der Waals surface area contributed by atoms with Crippen molar-refractivity contribution in [1.82, 2.24) is 5.32 Å². The molecule has 0 aliphatic carbocycles. The van der Waals surface area contributed by atoms with Gasteiger partial charge in [-0.3, -0.25) is 4.79 Å². The number of halogens is 2. The van der Waals surface area contributed by atoms with Crippen LogP contribution in [0, 0.1) is 0 Å². The Balaban J connectivity index is 1.82. The molecular formula is C14H10BrClN2OS2. The molecule has 2 aromatic heterocycles. The van der Waals surface area contributed by atoms with Crippen molar-refractivity contribution in [3.05, 3.63) is 48.9 Å². The van der Waals surface area contributed by atoms with Crippen molar-refractivity contribution < 1.29 is 4.79 Å². The number of hydrogen-bond acceptors (Lipinski definition) is 4. The van der Waals surface area contributed by atoms with Gasteiger partial charge >= 0.3 is 0 Å². The number of anilines is 1. The molecule has 0 aliphatic heterocycles. The van der Waals surface area contributed by atoms with Crippen LogP contribution in [0.3, 0.4) is 0 Å². The molecule has 0 bridgehead atoms. The molecule has 0 saturated carbocycles. The second-order valence-electron chi connectivity index (χ2n) is 4.37. The Hall–Kier alpha value is -1.08. The Bertz CT molecular complexity index is 828. The molecule has 7 heteroatoms. The van der Waals surface area contributed by atoms with Gasteiger partial charge < -0.3 is 11.1 Å². The number of hydrogen-bond donors (Lipinski definition) is 2. The summed E-state index contributed by atoms with van der Waals surface area (Å²) >= 11 is 12.1. The summed E-state index contributed by atoms with van der Waals surface area (Å²) in [4.78, 5) is 13.8. The van der Waals surface area contributed by atoms with Crippen LogP contribution in [-0.2, 0) is 6.54 Å². The fourth-order valence-electron chi connectivity index (χ4n) is 1.95. The fourth-order valence-corrected chi connectivity index (χ4v) is 4.57. The van der Waals surface area contributed by atoms with Crippen LogP contribution in [-0.4, -0.2) is 5.91 Å². The zero-order valence-electron chi connectivity index (χ0n) is 10.7. The van der Waals surface area contributed by atoms with Crippen molar-refractivity contribution >= 4 is 71.9 Å². The zero-order chi connectivity index (χ0) is 15.0. The topological polar surface area (TPSA) is 55.1 Å². The summed E-state index contributed by atoms with van der Waals surface area (Å²) in [5.41, 5.74) is 6.61. The largest absolute Gasteiger partial charge is 0.397 e. The zero-order valence-corrected chi connectivity index (χ0v) is 14.6. The summed E-state index contributed by atoms with van der Waals surface area (Å²) in [7, 11) is 0. The van der Waals surface area contributed by atoms with Gasteiger partial charge in [0.2, 0.25) is 0 Å². The normalized spacial score (nSPS) is 11.0. The average Bonchev–Trinajstić information content (AvgIpc) is 3.00. The molecule has 0 atom stereocenters. The molecule has 0 unspecified atom stereocenters. The van der Waals surface area contributed by atoms with E-state index < -0.39 is 0 Å². The number of fused-ring (bicyclic) bond motifs is 1. The standard InChI is InChI=1S/C14H10BrClN2OS2/c15-7-1-3-9-10(5-7)21-13(12(9)17)14(19)18-6-8-2-4-11(16)20-8/h1-5H,6,17H2,(H,18,19). The molecule has 0 fully saturated rings. The highest BCUT2D eigenvalue weighted by molar-refractivity contribution is 9.10. The summed E-state index contributed by atoms with van der Waals surface area (Å²) in [5, 5.41) is 3.79. The molecule has 2 heterocycles. The Morgan fingerprint density at radius 3 is 2.81 bits per heavy atom. The Kier molecular flexibility index (Phi) is 4.21. The number of nitrogens with one attached hydrogen (secondary N) is 1. The van der Waals surface area contributed by atoms with Gasteiger partial charge in [0.15, 0.2) is 0 Å². The lowest BCUT2D eigenvalue weighted by Crippen LogP contribution is -2.22. The molecule has 0 spiro atoms. The van der Waals surface area contributed by atoms with E-state index in [2.05, 4.69) is 21.2 Å². The number of carbonyl (C=O) groups excluding carboxylic acids is 1. The molecule has 0 aliphatic rings. The van der Waals surface area contributed by atoms with Gasteiger partial charge in [0, 0.05) is 19.4 Å². The second-order valence-corrected chi connectivity index (χ2v) is 8.14. The number of nitrogens with two attached hydrogens (primary N) is 1. The Morgan fingerprint density at radius 2 is 2.10 bits per heavy atom. The summed E-state index contributed by atoms with van der Waals surface area (Å²) in [6.07, 6.45) is 0. The lowest BCUT2D eigenvalue weighted by Gasteiger charge is -2.02. The third kappa shape index (κ3) is 3.08. The van der Waals surface area contributed by atoms with E-state index in [0.717, 1.165) is 19.4 Å². The van der Waals surface area contributed by atoms with Gasteiger partial charge in [0.25, 0.3) is 5.91 Å². The smallest absolute Gasteiger partial charge is 0.263 e. The van der Waals surface area contributed by atoms with E-state index in [1.165, 1.54) is 22.7 Å². The van der Waals surface area contributed by atoms with E-state index in [9.17, 15) is 4.79 Å². The predicted molar refractivity (Wildman–Crippen MR) is 94.4 cm³/mol. The molecule has 1 amide bonds. The number of amides is 1. The van der Waals surface area contributed by atoms with Crippen molar-refractivity contribution in [2.24, 2.45) is 0 Å². The maximum absolute atomic E-state index is 12.3. The SMILES string of the molecule is Nc1c(C(=O)NCc2ccc(Cl)s2)sc2cc(Br)ccc12. The molecule has 21 heavy (non-hydrogen) atoms. The fraction of sp³-hybridized carbons (Fsp3) is 0.0714. The molecule has 0 saturated heterocycles. The first-order valence-corrected chi connectivity index (χ1v) is 8.85. The van der Waals surface area contributed by atoms with E-state index in [1.807, 2.05) is 30.3 Å². The molecule has 3 N–H and O–H groups in total. The number of benzene rings is 1. The summed E-state index contributed by atoms with van der Waals surface area (Å²) in [5.74, 6) is -0.158. The van der Waals surface area contributed by atoms with Crippen LogP contribution in [0.5, 0.6) is 0 Å². The third-order valence-corrected chi connectivity index (χ3v) is 5.84. The second kappa shape index (κ2) is 5.96. The molecule has 1 aromatic carbocycles. The van der Waals surface area contributed by atoms with E-state index in [4.69, 9.17) is 17.3 Å². The maximum atomic E-state index is 12.3. The van der Waals surface area contributed by atoms with Crippen molar-refractivity contribution in [2.45, 2.75) is 6.54 Å². The molecule has 3 nitrogen and oxygen atoms in total. The van der Waals surface area contributed by atoms with Crippen molar-refractivity contribution in [1.29, 1.82) is 0 Å². The van der Waals surface area contributed by atoms with Gasteiger partial charge in [-0.05, 0) is 24.3 Å². The highest BCUT2D eigenvalue weighted by atomic mass is 79.9. The van der Waals surface area contributed by atoms with Crippen LogP contribution in [0.15, 0.2) is 34.8 Å². The maximum Gasteiger partial charge on any atom is 0.263 e. The van der Waals surface area contributed by atoms with Gasteiger partial charge in [-0.15, -0.1) is 22.7 Å². The number of nitrogen functional groups attached to an aromatic ring is 1. The van der Waals surface area contributed by atoms with Crippen LogP contribution < -0.4 is 11.1 Å². The molecule has 108 valence electrons. The van der Waals surface area contributed by atoms with Gasteiger partial charge in [0.05, 0.1) is 16.6 Å². The van der Waals surface area contributed by atoms with E-state index in [0.29, 0.717) is 21.4 Å². The summed E-state index contributed by atoms with van der Waals surface area (Å²) < 4.78 is 2.67. The van der Waals surface area contributed by atoms with E-state index in [1.54, 1.807) is 0 Å². The number of thiophene rings is 2. The lowest BCUT2D eigenvalue weighted by molar-refractivity contribution is 0.0956. The Morgan fingerprint density at radius 1 is 1.29 bits per heavy atom. The predicted octanol–water partition coefficient (Wildman–Crippen LogP) is 4.89. The first-order valence-electron chi connectivity index (χ1n) is 6.04. The van der Waals surface area contributed by atoms with Crippen LogP contribution in [0.25, 0.3) is 10.1 Å². The average molecular weight is 402 g/mol. The van der Waals surface area contributed by atoms with Crippen molar-refractivity contribution in [3.8, 4) is 0 Å². The first-order chi connectivity index (χ1) is 10.0. The van der Waals surface area contributed by atoms with Crippen molar-refractivity contribution in [2.75, 3.05) is 5.73 Å². The monoisotopic (exact) mass is 400 g/mol. The van der Waals surface area contributed by atoms with Crippen LogP contribution in [0.2, 0.25) is 4.34 Å². The van der Waals surface area contributed by atoms with Gasteiger partial charge in [-0.2, -0.15) is 0 Å². The van der Waals surface area contributed by atoms with Gasteiger partial charge in [0.1, 0.15) is 4.88 Å². The Labute approximate surface area is 142 Å². The van der Waals surface area contributed by atoms with Crippen molar-refractivity contribution in [3.63, 3.8) is 0 Å². The highest BCUT2D eigenvalue weighted by Gasteiger charge is 2.16. The molecule has 0 radical (unpaired) electrons. The highest BCUT2D eigenvalue weighted by Crippen LogP contribution is 2.35. The van der Waals surface area contributed by atoms with Gasteiger partial charge in [-0.25, -0.2) is 0 Å². The van der Waals surface area contributed by atoms with Crippen LogP contribution >= 0.6 is 50.2 Å². The van der Waals surface area contributed by atoms with Crippen LogP contribution in [0.1, 0.15) is 14.5 Å². The van der Waals surface area contributed by atoms with E-state index in [-0.39, 0.29) is 5.91 Å². The lowest BCUT2D eigenvalue weighted by atomic mass is 10.2. The third-order valence-electron chi connectivity index (χ3n) is 2.95. The van der Waals surface area contributed by atoms with Gasteiger partial charge in [-0.1, -0.05) is 33.6 Å².